The smallest absolute Gasteiger partial charge is 0.187 e. The highest BCUT2D eigenvalue weighted by Gasteiger charge is 2.12. The van der Waals surface area contributed by atoms with Crippen LogP contribution in [0.2, 0.25) is 10.0 Å². The second-order valence-corrected chi connectivity index (χ2v) is 8.23. The number of hydrogen-bond donors (Lipinski definition) is 0. The summed E-state index contributed by atoms with van der Waals surface area (Å²) in [5.41, 5.74) is 1.67. The van der Waals surface area contributed by atoms with Crippen molar-refractivity contribution < 1.29 is 0 Å². The zero-order chi connectivity index (χ0) is 18.6. The average Bonchev–Trinajstić information content (AvgIpc) is 3.33. The molecule has 2 aromatic heterocycles. The number of benzene rings is 2. The zero-order valence-corrected chi connectivity index (χ0v) is 16.6. The first-order valence-electron chi connectivity index (χ1n) is 7.55. The molecule has 0 saturated heterocycles. The number of thioether (sulfide) groups is 2. The Morgan fingerprint density at radius 3 is 1.48 bits per heavy atom. The van der Waals surface area contributed by atoms with Gasteiger partial charge < -0.3 is 0 Å². The fourth-order valence-electron chi connectivity index (χ4n) is 2.16. The van der Waals surface area contributed by atoms with Gasteiger partial charge >= 0.3 is 0 Å². The third-order valence-electron chi connectivity index (χ3n) is 3.40. The molecular weight excluding hydrogens is 427 g/mol. The predicted octanol–water partition coefficient (Wildman–Crippen LogP) is 3.79. The molecule has 4 aromatic rings. The summed E-state index contributed by atoms with van der Waals surface area (Å²) < 4.78 is 3.31. The van der Waals surface area contributed by atoms with Crippen molar-refractivity contribution in [2.24, 2.45) is 0 Å². The van der Waals surface area contributed by atoms with E-state index in [-0.39, 0.29) is 0 Å². The first-order chi connectivity index (χ1) is 13.2. The lowest BCUT2D eigenvalue weighted by Crippen LogP contribution is -2.00. The molecule has 0 aliphatic heterocycles. The standard InChI is InChI=1S/C15H10Cl2N8S2/c16-10-1-5-12(6-2-10)24-14(18-20-22-24)26-9-27-15-19-21-23-25(15)13-7-3-11(17)4-8-13/h1-8H,9H2. The topological polar surface area (TPSA) is 87.2 Å². The van der Waals surface area contributed by atoms with Gasteiger partial charge in [-0.2, -0.15) is 9.36 Å². The molecule has 0 atom stereocenters. The van der Waals surface area contributed by atoms with E-state index in [0.717, 1.165) is 11.4 Å². The van der Waals surface area contributed by atoms with Gasteiger partial charge in [-0.05, 0) is 69.4 Å². The Bertz CT molecular complexity index is 949. The SMILES string of the molecule is Clc1ccc(-n2nnnc2SCSc2nnnn2-c2ccc(Cl)cc2)cc1. The van der Waals surface area contributed by atoms with Gasteiger partial charge in [0.25, 0.3) is 0 Å². The van der Waals surface area contributed by atoms with E-state index in [1.165, 1.54) is 23.5 Å². The molecule has 0 fully saturated rings. The lowest BCUT2D eigenvalue weighted by molar-refractivity contribution is 0.756. The first-order valence-corrected chi connectivity index (χ1v) is 10.3. The summed E-state index contributed by atoms with van der Waals surface area (Å²) in [6, 6.07) is 14.6. The van der Waals surface area contributed by atoms with Crippen LogP contribution < -0.4 is 0 Å². The maximum atomic E-state index is 5.93. The summed E-state index contributed by atoms with van der Waals surface area (Å²) in [5.74, 6) is 0. The highest BCUT2D eigenvalue weighted by molar-refractivity contribution is 8.15. The van der Waals surface area contributed by atoms with E-state index >= 15 is 0 Å². The first kappa shape index (κ1) is 18.2. The van der Waals surface area contributed by atoms with Crippen LogP contribution in [0.15, 0.2) is 58.8 Å². The summed E-state index contributed by atoms with van der Waals surface area (Å²) in [6.07, 6.45) is 0. The van der Waals surface area contributed by atoms with Crippen molar-refractivity contribution >= 4 is 46.7 Å². The van der Waals surface area contributed by atoms with Gasteiger partial charge in [0.05, 0.1) is 16.5 Å². The van der Waals surface area contributed by atoms with Crippen molar-refractivity contribution in [3.05, 3.63) is 58.6 Å². The summed E-state index contributed by atoms with van der Waals surface area (Å²) in [4.78, 5) is 0. The van der Waals surface area contributed by atoms with Crippen molar-refractivity contribution in [3.8, 4) is 11.4 Å². The van der Waals surface area contributed by atoms with Crippen LogP contribution in [0.4, 0.5) is 0 Å². The maximum absolute atomic E-state index is 5.93. The number of aromatic nitrogens is 8. The molecule has 0 spiro atoms. The van der Waals surface area contributed by atoms with Crippen LogP contribution in [0.1, 0.15) is 0 Å². The summed E-state index contributed by atoms with van der Waals surface area (Å²) in [5, 5.41) is 27.0. The predicted molar refractivity (Wildman–Crippen MR) is 105 cm³/mol. The van der Waals surface area contributed by atoms with Crippen molar-refractivity contribution in [2.45, 2.75) is 10.3 Å². The fraction of sp³-hybridized carbons (Fsp3) is 0.0667. The van der Waals surface area contributed by atoms with Gasteiger partial charge in [-0.1, -0.05) is 46.7 Å². The van der Waals surface area contributed by atoms with Crippen molar-refractivity contribution in [2.75, 3.05) is 5.08 Å². The number of nitrogens with zero attached hydrogens (tertiary/aromatic N) is 8. The minimum Gasteiger partial charge on any atom is -0.187 e. The second-order valence-electron chi connectivity index (χ2n) is 5.11. The minimum absolute atomic E-state index is 0.627. The molecule has 0 aliphatic rings. The Morgan fingerprint density at radius 2 is 1.07 bits per heavy atom. The third-order valence-corrected chi connectivity index (χ3v) is 5.87. The van der Waals surface area contributed by atoms with E-state index in [0.29, 0.717) is 25.4 Å². The van der Waals surface area contributed by atoms with Crippen LogP contribution in [0, 0.1) is 0 Å². The molecule has 4 rings (SSSR count). The van der Waals surface area contributed by atoms with Gasteiger partial charge in [0, 0.05) is 10.0 Å². The van der Waals surface area contributed by atoms with Crippen LogP contribution in [0.25, 0.3) is 11.4 Å². The molecule has 2 heterocycles. The Labute approximate surface area is 172 Å². The van der Waals surface area contributed by atoms with Gasteiger partial charge in [0.1, 0.15) is 0 Å². The van der Waals surface area contributed by atoms with E-state index in [1.54, 1.807) is 33.6 Å². The van der Waals surface area contributed by atoms with Crippen molar-refractivity contribution in [1.82, 2.24) is 40.4 Å². The molecule has 0 unspecified atom stereocenters. The van der Waals surface area contributed by atoms with Crippen LogP contribution in [-0.4, -0.2) is 45.5 Å². The van der Waals surface area contributed by atoms with Crippen LogP contribution in [-0.2, 0) is 0 Å². The van der Waals surface area contributed by atoms with Gasteiger partial charge in [-0.3, -0.25) is 0 Å². The largest absolute Gasteiger partial charge is 0.214 e. The number of halogens is 2. The van der Waals surface area contributed by atoms with Crippen molar-refractivity contribution in [3.63, 3.8) is 0 Å². The van der Waals surface area contributed by atoms with E-state index < -0.39 is 0 Å². The second kappa shape index (κ2) is 8.26. The number of hydrogen-bond acceptors (Lipinski definition) is 8. The van der Waals surface area contributed by atoms with E-state index in [2.05, 4.69) is 31.1 Å². The Morgan fingerprint density at radius 1 is 0.667 bits per heavy atom. The molecule has 136 valence electrons. The zero-order valence-electron chi connectivity index (χ0n) is 13.5. The monoisotopic (exact) mass is 436 g/mol. The van der Waals surface area contributed by atoms with E-state index in [1.807, 2.05) is 24.3 Å². The van der Waals surface area contributed by atoms with E-state index in [9.17, 15) is 0 Å². The molecule has 0 N–H and O–H groups in total. The van der Waals surface area contributed by atoms with Crippen LogP contribution >= 0.6 is 46.7 Å². The van der Waals surface area contributed by atoms with Gasteiger partial charge in [-0.15, -0.1) is 10.2 Å². The summed E-state index contributed by atoms with van der Waals surface area (Å²) in [7, 11) is 0. The molecule has 0 bridgehead atoms. The van der Waals surface area contributed by atoms with Crippen LogP contribution in [0.3, 0.4) is 0 Å². The highest BCUT2D eigenvalue weighted by Crippen LogP contribution is 2.27. The van der Waals surface area contributed by atoms with Gasteiger partial charge in [-0.25, -0.2) is 0 Å². The average molecular weight is 437 g/mol. The lowest BCUT2D eigenvalue weighted by Gasteiger charge is -2.05. The fourth-order valence-corrected chi connectivity index (χ4v) is 4.21. The Hall–Kier alpha value is -2.14. The molecule has 27 heavy (non-hydrogen) atoms. The molecule has 0 amide bonds. The minimum atomic E-state index is 0.627. The maximum Gasteiger partial charge on any atom is 0.214 e. The molecule has 12 heteroatoms. The molecule has 0 saturated carbocycles. The van der Waals surface area contributed by atoms with Gasteiger partial charge in [0.15, 0.2) is 0 Å². The summed E-state index contributed by atoms with van der Waals surface area (Å²) in [6.45, 7) is 0. The number of tetrazole rings is 2. The number of rotatable bonds is 6. The van der Waals surface area contributed by atoms with Crippen LogP contribution in [0.5, 0.6) is 0 Å². The molecular formula is C15H10Cl2N8S2. The molecule has 0 aliphatic carbocycles. The van der Waals surface area contributed by atoms with E-state index in [4.69, 9.17) is 23.2 Å². The Kier molecular flexibility index (Phi) is 5.58. The van der Waals surface area contributed by atoms with Gasteiger partial charge in [0.2, 0.25) is 10.3 Å². The summed E-state index contributed by atoms with van der Waals surface area (Å²) >= 11 is 14.8. The molecule has 0 radical (unpaired) electrons. The third kappa shape index (κ3) is 4.24. The molecule has 2 aromatic carbocycles. The highest BCUT2D eigenvalue weighted by atomic mass is 35.5. The normalized spacial score (nSPS) is 11.0. The Balaban J connectivity index is 1.45. The lowest BCUT2D eigenvalue weighted by atomic mass is 10.3. The van der Waals surface area contributed by atoms with Crippen molar-refractivity contribution in [1.29, 1.82) is 0 Å². The molecule has 8 nitrogen and oxygen atoms in total. The quantitative estimate of drug-likeness (QED) is 0.333.